The van der Waals surface area contributed by atoms with E-state index in [2.05, 4.69) is 21.9 Å². The molecule has 0 aliphatic carbocycles. The van der Waals surface area contributed by atoms with Crippen molar-refractivity contribution in [3.63, 3.8) is 0 Å². The van der Waals surface area contributed by atoms with Crippen molar-refractivity contribution in [2.75, 3.05) is 47.5 Å². The number of nitrogens with zero attached hydrogens (tertiary/aromatic N) is 8. The van der Waals surface area contributed by atoms with Gasteiger partial charge in [-0.1, -0.05) is 11.6 Å². The molecule has 11 nitrogen and oxygen atoms in total. The molecule has 5 aromatic rings. The molecule has 44 heavy (non-hydrogen) atoms. The van der Waals surface area contributed by atoms with Crippen LogP contribution in [0.2, 0.25) is 0 Å². The molecule has 0 saturated carbocycles. The largest absolute Gasteiger partial charge is 0.354 e. The van der Waals surface area contributed by atoms with Gasteiger partial charge in [0.1, 0.15) is 0 Å². The molecule has 0 bridgehead atoms. The Hall–Kier alpha value is -4.06. The van der Waals surface area contributed by atoms with Crippen molar-refractivity contribution < 1.29 is 0 Å². The summed E-state index contributed by atoms with van der Waals surface area (Å²) in [7, 11) is 1.73. The van der Waals surface area contributed by atoms with E-state index in [4.69, 9.17) is 10.2 Å². The molecule has 0 radical (unpaired) electrons. The Bertz CT molecular complexity index is 2100. The van der Waals surface area contributed by atoms with Crippen LogP contribution in [0.3, 0.4) is 0 Å². The number of rotatable bonds is 5. The molecular weight excluding hydrogens is 576 g/mol. The van der Waals surface area contributed by atoms with E-state index in [1.807, 2.05) is 59.9 Å². The fraction of sp³-hybridized carbons (Fsp3) is 0.469. The monoisotopic (exact) mass is 614 g/mol. The molecule has 2 aliphatic heterocycles. The summed E-state index contributed by atoms with van der Waals surface area (Å²) in [5.41, 5.74) is 2.96. The average molecular weight is 615 g/mol. The van der Waals surface area contributed by atoms with Crippen LogP contribution in [-0.4, -0.2) is 66.2 Å². The van der Waals surface area contributed by atoms with Crippen molar-refractivity contribution in [1.29, 1.82) is 0 Å². The fourth-order valence-corrected chi connectivity index (χ4v) is 7.94. The van der Waals surface area contributed by atoms with Crippen LogP contribution in [0.25, 0.3) is 32.7 Å². The molecule has 0 N–H and O–H groups in total. The lowest BCUT2D eigenvalue weighted by atomic mass is 10.0. The highest BCUT2D eigenvalue weighted by atomic mass is 32.2. The number of piperidine rings is 1. The molecule has 3 aromatic heterocycles. The highest BCUT2D eigenvalue weighted by Crippen LogP contribution is 2.36. The molecular formula is C32H38N8O3S. The first-order chi connectivity index (χ1) is 21.3. The van der Waals surface area contributed by atoms with E-state index in [1.54, 1.807) is 11.6 Å². The van der Waals surface area contributed by atoms with Crippen molar-refractivity contribution in [2.24, 2.45) is 7.05 Å². The Labute approximate surface area is 258 Å². The lowest BCUT2D eigenvalue weighted by molar-refractivity contribution is 0.370. The van der Waals surface area contributed by atoms with Crippen LogP contribution in [0.5, 0.6) is 0 Å². The van der Waals surface area contributed by atoms with Crippen LogP contribution in [0.15, 0.2) is 44.7 Å². The average Bonchev–Trinajstić information content (AvgIpc) is 3.32. The van der Waals surface area contributed by atoms with Crippen LogP contribution >= 0.6 is 11.8 Å². The van der Waals surface area contributed by atoms with E-state index in [0.717, 1.165) is 63.6 Å². The van der Waals surface area contributed by atoms with Crippen molar-refractivity contribution in [3.05, 3.63) is 67.2 Å². The summed E-state index contributed by atoms with van der Waals surface area (Å²) in [6.07, 6.45) is 1.27. The number of thioether (sulfide) groups is 1. The van der Waals surface area contributed by atoms with Gasteiger partial charge in [0.15, 0.2) is 11.6 Å². The molecule has 2 fully saturated rings. The van der Waals surface area contributed by atoms with Gasteiger partial charge in [-0.05, 0) is 57.9 Å². The molecule has 2 aromatic carbocycles. The van der Waals surface area contributed by atoms with Gasteiger partial charge >= 0.3 is 11.4 Å². The summed E-state index contributed by atoms with van der Waals surface area (Å²) in [5.74, 6) is 3.73. The van der Waals surface area contributed by atoms with Gasteiger partial charge < -0.3 is 9.80 Å². The van der Waals surface area contributed by atoms with Crippen LogP contribution in [0.1, 0.15) is 38.3 Å². The fourth-order valence-electron chi connectivity index (χ4n) is 7.04. The van der Waals surface area contributed by atoms with Crippen LogP contribution in [0, 0.1) is 6.92 Å². The Morgan fingerprint density at radius 3 is 1.89 bits per heavy atom. The predicted octanol–water partition coefficient (Wildman–Crippen LogP) is 3.50. The first-order valence-electron chi connectivity index (χ1n) is 15.5. The molecule has 2 aliphatic rings. The summed E-state index contributed by atoms with van der Waals surface area (Å²) in [6.45, 7) is 10.2. The van der Waals surface area contributed by atoms with E-state index < -0.39 is 0 Å². The SMILES string of the molecule is CCn1c(=O)n(CC)c2cc3c(N4CCC(n5c(=O)c6cc(C)ccc6n(C)c5=O)CC4)nnc(N4CCSCC4)c3cc21. The lowest BCUT2D eigenvalue weighted by Crippen LogP contribution is -2.45. The maximum Gasteiger partial charge on any atom is 0.331 e. The number of aryl methyl sites for hydroxylation is 4. The van der Waals surface area contributed by atoms with E-state index in [0.29, 0.717) is 49.9 Å². The summed E-state index contributed by atoms with van der Waals surface area (Å²) >= 11 is 1.95. The second-order valence-electron chi connectivity index (χ2n) is 11.9. The second kappa shape index (κ2) is 11.1. The normalized spacial score (nSPS) is 16.5. The summed E-state index contributed by atoms with van der Waals surface area (Å²) < 4.78 is 6.70. The van der Waals surface area contributed by atoms with Crippen molar-refractivity contribution in [3.8, 4) is 0 Å². The van der Waals surface area contributed by atoms with E-state index >= 15 is 0 Å². The maximum absolute atomic E-state index is 13.6. The number of imidazole rings is 1. The van der Waals surface area contributed by atoms with Gasteiger partial charge in [0.05, 0.1) is 21.9 Å². The number of hydrogen-bond acceptors (Lipinski definition) is 8. The molecule has 230 valence electrons. The van der Waals surface area contributed by atoms with Gasteiger partial charge in [-0.3, -0.25) is 23.1 Å². The van der Waals surface area contributed by atoms with Gasteiger partial charge in [-0.15, -0.1) is 10.2 Å². The zero-order valence-electron chi connectivity index (χ0n) is 25.7. The first kappa shape index (κ1) is 28.7. The van der Waals surface area contributed by atoms with Gasteiger partial charge in [0.2, 0.25) is 0 Å². The zero-order chi connectivity index (χ0) is 30.7. The van der Waals surface area contributed by atoms with Crippen LogP contribution in [0.4, 0.5) is 11.6 Å². The third kappa shape index (κ3) is 4.44. The van der Waals surface area contributed by atoms with E-state index in [9.17, 15) is 14.4 Å². The predicted molar refractivity (Wildman–Crippen MR) is 179 cm³/mol. The maximum atomic E-state index is 13.6. The minimum absolute atomic E-state index is 0.00267. The molecule has 7 rings (SSSR count). The molecule has 2 saturated heterocycles. The number of hydrogen-bond donors (Lipinski definition) is 0. The zero-order valence-corrected chi connectivity index (χ0v) is 26.6. The van der Waals surface area contributed by atoms with Crippen molar-refractivity contribution >= 4 is 56.1 Å². The Morgan fingerprint density at radius 2 is 1.32 bits per heavy atom. The molecule has 0 atom stereocenters. The summed E-state index contributed by atoms with van der Waals surface area (Å²) in [6, 6.07) is 9.68. The molecule has 0 amide bonds. The van der Waals surface area contributed by atoms with E-state index in [1.165, 1.54) is 4.57 Å². The first-order valence-corrected chi connectivity index (χ1v) is 16.7. The summed E-state index contributed by atoms with van der Waals surface area (Å²) in [5, 5.41) is 12.2. The number of aromatic nitrogens is 6. The standard InChI is InChI=1S/C32H38N8O3S/c1-5-38-26-18-22-23(19-27(26)39(6-2)32(38)43)29(37-13-15-44-16-14-37)34-33-28(22)36-11-9-21(10-12-36)40-30(41)24-17-20(3)7-8-25(24)35(4)31(40)42/h7-8,17-19,21H,5-6,9-16H2,1-4H3. The lowest BCUT2D eigenvalue weighted by Gasteiger charge is -2.34. The minimum Gasteiger partial charge on any atom is -0.354 e. The summed E-state index contributed by atoms with van der Waals surface area (Å²) in [4.78, 5) is 44.8. The topological polar surface area (TPSA) is 103 Å². The van der Waals surface area contributed by atoms with Gasteiger partial charge in [-0.25, -0.2) is 9.59 Å². The Morgan fingerprint density at radius 1 is 0.750 bits per heavy atom. The minimum atomic E-state index is -0.278. The third-order valence-corrected chi connectivity index (χ3v) is 10.3. The van der Waals surface area contributed by atoms with E-state index in [-0.39, 0.29) is 23.0 Å². The second-order valence-corrected chi connectivity index (χ2v) is 13.1. The Balaban J connectivity index is 1.30. The molecule has 0 unspecified atom stereocenters. The third-order valence-electron chi connectivity index (χ3n) is 9.41. The van der Waals surface area contributed by atoms with Crippen LogP contribution < -0.4 is 26.7 Å². The molecule has 12 heteroatoms. The van der Waals surface area contributed by atoms with Crippen molar-refractivity contribution in [1.82, 2.24) is 28.5 Å². The Kier molecular flexibility index (Phi) is 7.26. The highest BCUT2D eigenvalue weighted by molar-refractivity contribution is 7.99. The number of benzene rings is 2. The molecule has 0 spiro atoms. The number of fused-ring (bicyclic) bond motifs is 3. The van der Waals surface area contributed by atoms with Crippen LogP contribution in [-0.2, 0) is 20.1 Å². The highest BCUT2D eigenvalue weighted by Gasteiger charge is 2.28. The molecule has 5 heterocycles. The van der Waals surface area contributed by atoms with Gasteiger partial charge in [-0.2, -0.15) is 11.8 Å². The number of anilines is 2. The van der Waals surface area contributed by atoms with Gasteiger partial charge in [0, 0.05) is 74.6 Å². The quantitative estimate of drug-likeness (QED) is 0.297. The van der Waals surface area contributed by atoms with Crippen molar-refractivity contribution in [2.45, 2.75) is 52.7 Å². The smallest absolute Gasteiger partial charge is 0.331 e. The van der Waals surface area contributed by atoms with Gasteiger partial charge in [0.25, 0.3) is 5.56 Å².